The molecule has 0 spiro atoms. The smallest absolute Gasteiger partial charge is 0.210 e. The van der Waals surface area contributed by atoms with Gasteiger partial charge in [-0.3, -0.25) is 4.79 Å². The van der Waals surface area contributed by atoms with Crippen molar-refractivity contribution in [3.63, 3.8) is 0 Å². The Morgan fingerprint density at radius 2 is 1.53 bits per heavy atom. The van der Waals surface area contributed by atoms with Gasteiger partial charge in [0.2, 0.25) is 5.78 Å². The zero-order valence-electron chi connectivity index (χ0n) is 9.23. The molecule has 0 saturated carbocycles. The molecule has 0 fully saturated rings. The van der Waals surface area contributed by atoms with Gasteiger partial charge in [0.1, 0.15) is 0 Å². The summed E-state index contributed by atoms with van der Waals surface area (Å²) in [5, 5.41) is 0. The molecule has 0 atom stereocenters. The third kappa shape index (κ3) is 1.74. The lowest BCUT2D eigenvalue weighted by Crippen LogP contribution is -2.03. The first kappa shape index (κ1) is 9.86. The second-order valence-electron chi connectivity index (χ2n) is 4.05. The molecule has 0 aromatic heterocycles. The molecule has 2 aromatic carbocycles. The number of hydrogen-bond acceptors (Lipinski definition) is 1. The minimum atomic E-state index is -0.0213. The van der Waals surface area contributed by atoms with Crippen LogP contribution < -0.4 is 0 Å². The summed E-state index contributed by atoms with van der Waals surface area (Å²) in [4.78, 5) is 11.6. The number of carbonyl (C=O) groups excluding carboxylic acids is 1. The molecule has 0 aliphatic heterocycles. The SMILES string of the molecule is O=C1C#Cc2ccccc2-c2ccccc2C1. The van der Waals surface area contributed by atoms with Crippen molar-refractivity contribution in [2.24, 2.45) is 0 Å². The molecule has 1 aliphatic carbocycles. The van der Waals surface area contributed by atoms with Gasteiger partial charge in [-0.1, -0.05) is 48.4 Å². The molecule has 0 saturated heterocycles. The zero-order chi connectivity index (χ0) is 11.7. The van der Waals surface area contributed by atoms with Gasteiger partial charge in [-0.05, 0) is 28.7 Å². The maximum Gasteiger partial charge on any atom is 0.210 e. The Balaban J connectivity index is 2.34. The number of ketones is 1. The van der Waals surface area contributed by atoms with Crippen LogP contribution in [0.15, 0.2) is 48.5 Å². The third-order valence-electron chi connectivity index (χ3n) is 2.92. The van der Waals surface area contributed by atoms with Crippen LogP contribution in [-0.4, -0.2) is 5.78 Å². The highest BCUT2D eigenvalue weighted by Gasteiger charge is 2.12. The quantitative estimate of drug-likeness (QED) is 0.621. The van der Waals surface area contributed by atoms with Crippen molar-refractivity contribution in [1.82, 2.24) is 0 Å². The van der Waals surface area contributed by atoms with Crippen molar-refractivity contribution in [2.45, 2.75) is 6.42 Å². The second kappa shape index (κ2) is 3.92. The Kier molecular flexibility index (Phi) is 2.27. The van der Waals surface area contributed by atoms with Crippen molar-refractivity contribution in [1.29, 1.82) is 0 Å². The average molecular weight is 218 g/mol. The summed E-state index contributed by atoms with van der Waals surface area (Å²) in [7, 11) is 0. The van der Waals surface area contributed by atoms with Crippen molar-refractivity contribution in [3.8, 4) is 23.0 Å². The van der Waals surface area contributed by atoms with E-state index < -0.39 is 0 Å². The van der Waals surface area contributed by atoms with Crippen LogP contribution in [0.1, 0.15) is 11.1 Å². The van der Waals surface area contributed by atoms with Gasteiger partial charge < -0.3 is 0 Å². The first-order valence-corrected chi connectivity index (χ1v) is 5.57. The van der Waals surface area contributed by atoms with Gasteiger partial charge in [-0.25, -0.2) is 0 Å². The predicted octanol–water partition coefficient (Wildman–Crippen LogP) is 2.83. The summed E-state index contributed by atoms with van der Waals surface area (Å²) < 4.78 is 0. The van der Waals surface area contributed by atoms with Gasteiger partial charge in [0, 0.05) is 12.0 Å². The maximum absolute atomic E-state index is 11.6. The Hall–Kier alpha value is -2.33. The molecule has 0 N–H and O–H groups in total. The van der Waals surface area contributed by atoms with E-state index in [-0.39, 0.29) is 5.78 Å². The minimum Gasteiger partial charge on any atom is -0.285 e. The van der Waals surface area contributed by atoms with Crippen LogP contribution in [0.5, 0.6) is 0 Å². The number of carbonyl (C=O) groups is 1. The Morgan fingerprint density at radius 1 is 0.824 bits per heavy atom. The Morgan fingerprint density at radius 3 is 2.41 bits per heavy atom. The summed E-state index contributed by atoms with van der Waals surface area (Å²) in [5.41, 5.74) is 4.21. The lowest BCUT2D eigenvalue weighted by atomic mass is 9.91. The lowest BCUT2D eigenvalue weighted by molar-refractivity contribution is -0.113. The number of fused-ring (bicyclic) bond motifs is 3. The van der Waals surface area contributed by atoms with E-state index in [9.17, 15) is 4.79 Å². The summed E-state index contributed by atoms with van der Waals surface area (Å²) in [6, 6.07) is 16.0. The van der Waals surface area contributed by atoms with E-state index in [0.29, 0.717) is 6.42 Å². The highest BCUT2D eigenvalue weighted by atomic mass is 16.1. The largest absolute Gasteiger partial charge is 0.285 e. The fourth-order valence-electron chi connectivity index (χ4n) is 2.12. The molecule has 17 heavy (non-hydrogen) atoms. The summed E-state index contributed by atoms with van der Waals surface area (Å²) in [5.74, 6) is 5.63. The molecule has 1 heteroatoms. The van der Waals surface area contributed by atoms with E-state index in [2.05, 4.69) is 24.0 Å². The fraction of sp³-hybridized carbons (Fsp3) is 0.0625. The standard InChI is InChI=1S/C16H10O/c17-14-10-9-12-5-1-3-7-15(12)16-8-4-2-6-13(16)11-14/h1-8H,11H2. The monoisotopic (exact) mass is 218 g/mol. The van der Waals surface area contributed by atoms with Gasteiger partial charge in [0.05, 0.1) is 0 Å². The van der Waals surface area contributed by atoms with Gasteiger partial charge in [-0.15, -0.1) is 0 Å². The molecule has 3 rings (SSSR count). The molecule has 1 aliphatic rings. The van der Waals surface area contributed by atoms with E-state index in [0.717, 1.165) is 22.3 Å². The van der Waals surface area contributed by atoms with Crippen molar-refractivity contribution in [3.05, 3.63) is 59.7 Å². The van der Waals surface area contributed by atoms with Gasteiger partial charge in [0.25, 0.3) is 0 Å². The minimum absolute atomic E-state index is 0.0213. The summed E-state index contributed by atoms with van der Waals surface area (Å²) in [6.45, 7) is 0. The fourth-order valence-corrected chi connectivity index (χ4v) is 2.12. The van der Waals surface area contributed by atoms with Gasteiger partial charge >= 0.3 is 0 Å². The molecule has 1 nitrogen and oxygen atoms in total. The average Bonchev–Trinajstić information content (AvgIpc) is 2.36. The van der Waals surface area contributed by atoms with Crippen LogP contribution in [0.25, 0.3) is 11.1 Å². The summed E-state index contributed by atoms with van der Waals surface area (Å²) in [6.07, 6.45) is 0.400. The van der Waals surface area contributed by atoms with E-state index in [1.807, 2.05) is 36.4 Å². The zero-order valence-corrected chi connectivity index (χ0v) is 9.23. The molecule has 2 aromatic rings. The molecule has 0 amide bonds. The van der Waals surface area contributed by atoms with Gasteiger partial charge in [-0.2, -0.15) is 0 Å². The van der Waals surface area contributed by atoms with Crippen LogP contribution in [0.4, 0.5) is 0 Å². The molecular weight excluding hydrogens is 208 g/mol. The van der Waals surface area contributed by atoms with Crippen LogP contribution >= 0.6 is 0 Å². The molecular formula is C16H10O. The van der Waals surface area contributed by atoms with E-state index in [4.69, 9.17) is 0 Å². The van der Waals surface area contributed by atoms with E-state index >= 15 is 0 Å². The van der Waals surface area contributed by atoms with E-state index in [1.54, 1.807) is 0 Å². The molecule has 80 valence electrons. The first-order valence-electron chi connectivity index (χ1n) is 5.57. The highest BCUT2D eigenvalue weighted by molar-refractivity contribution is 5.99. The number of Topliss-reactive ketones (excluding diaryl/α,β-unsaturated/α-hetero) is 1. The van der Waals surface area contributed by atoms with Gasteiger partial charge in [0.15, 0.2) is 0 Å². The van der Waals surface area contributed by atoms with Crippen LogP contribution in [-0.2, 0) is 11.2 Å². The molecule has 0 unspecified atom stereocenters. The van der Waals surface area contributed by atoms with Crippen molar-refractivity contribution in [2.75, 3.05) is 0 Å². The topological polar surface area (TPSA) is 17.1 Å². The molecule has 0 heterocycles. The summed E-state index contributed by atoms with van der Waals surface area (Å²) >= 11 is 0. The predicted molar refractivity (Wildman–Crippen MR) is 67.5 cm³/mol. The van der Waals surface area contributed by atoms with Crippen molar-refractivity contribution < 1.29 is 4.79 Å². The number of rotatable bonds is 0. The Bertz CT molecular complexity index is 656. The molecule has 0 bridgehead atoms. The Labute approximate surface area is 100 Å². The third-order valence-corrected chi connectivity index (χ3v) is 2.92. The molecule has 0 radical (unpaired) electrons. The first-order chi connectivity index (χ1) is 8.34. The number of hydrogen-bond donors (Lipinski definition) is 0. The van der Waals surface area contributed by atoms with E-state index in [1.165, 1.54) is 0 Å². The highest BCUT2D eigenvalue weighted by Crippen LogP contribution is 2.28. The van der Waals surface area contributed by atoms with Crippen LogP contribution in [0.3, 0.4) is 0 Å². The van der Waals surface area contributed by atoms with Crippen LogP contribution in [0.2, 0.25) is 0 Å². The number of benzene rings is 2. The second-order valence-corrected chi connectivity index (χ2v) is 4.05. The van der Waals surface area contributed by atoms with Crippen molar-refractivity contribution >= 4 is 5.78 Å². The maximum atomic E-state index is 11.6. The normalized spacial score (nSPS) is 12.6. The van der Waals surface area contributed by atoms with Crippen LogP contribution in [0, 0.1) is 11.8 Å². The lowest BCUT2D eigenvalue weighted by Gasteiger charge is -2.11.